The van der Waals surface area contributed by atoms with E-state index in [-0.39, 0.29) is 5.91 Å². The molecule has 2 aliphatic heterocycles. The molecule has 0 aromatic heterocycles. The number of nitrogens with zero attached hydrogens (tertiary/aromatic N) is 1. The number of ether oxygens (including phenoxy) is 1. The van der Waals surface area contributed by atoms with Crippen molar-refractivity contribution in [3.8, 4) is 0 Å². The zero-order chi connectivity index (χ0) is 13.5. The number of amides is 1. The lowest BCUT2D eigenvalue weighted by atomic mass is 9.96. The van der Waals surface area contributed by atoms with Crippen molar-refractivity contribution in [1.29, 1.82) is 0 Å². The SMILES string of the molecule is CC(CCN1CC2CCC(C1)O2)(NC1CC1)C(N)=O. The number of likely N-dealkylation sites (tertiary alicyclic amines) is 1. The van der Waals surface area contributed by atoms with E-state index in [0.29, 0.717) is 18.2 Å². The number of hydrogen-bond donors (Lipinski definition) is 2. The minimum absolute atomic E-state index is 0.226. The number of fused-ring (bicyclic) bond motifs is 2. The van der Waals surface area contributed by atoms with Crippen LogP contribution in [0.25, 0.3) is 0 Å². The Labute approximate surface area is 114 Å². The molecule has 0 aromatic carbocycles. The van der Waals surface area contributed by atoms with Crippen LogP contribution in [0.1, 0.15) is 39.0 Å². The minimum Gasteiger partial charge on any atom is -0.372 e. The van der Waals surface area contributed by atoms with Gasteiger partial charge < -0.3 is 15.8 Å². The molecule has 5 nitrogen and oxygen atoms in total. The van der Waals surface area contributed by atoms with Crippen molar-refractivity contribution in [1.82, 2.24) is 10.2 Å². The van der Waals surface area contributed by atoms with Crippen molar-refractivity contribution in [2.45, 2.75) is 62.8 Å². The summed E-state index contributed by atoms with van der Waals surface area (Å²) in [7, 11) is 0. The summed E-state index contributed by atoms with van der Waals surface area (Å²) in [5, 5.41) is 3.41. The molecule has 0 spiro atoms. The molecule has 2 saturated heterocycles. The Hall–Kier alpha value is -0.650. The van der Waals surface area contributed by atoms with E-state index >= 15 is 0 Å². The predicted octanol–water partition coefficient (Wildman–Crippen LogP) is 0.236. The molecular weight excluding hydrogens is 242 g/mol. The smallest absolute Gasteiger partial charge is 0.237 e. The van der Waals surface area contributed by atoms with Crippen molar-refractivity contribution in [3.63, 3.8) is 0 Å². The molecule has 1 saturated carbocycles. The summed E-state index contributed by atoms with van der Waals surface area (Å²) in [6, 6.07) is 0.498. The third-order valence-electron chi connectivity index (χ3n) is 4.69. The van der Waals surface area contributed by atoms with Crippen molar-refractivity contribution in [2.24, 2.45) is 5.73 Å². The number of carbonyl (C=O) groups is 1. The third kappa shape index (κ3) is 3.09. The van der Waals surface area contributed by atoms with E-state index in [9.17, 15) is 4.79 Å². The van der Waals surface area contributed by atoms with Crippen molar-refractivity contribution < 1.29 is 9.53 Å². The molecule has 3 unspecified atom stereocenters. The molecule has 1 aliphatic carbocycles. The number of rotatable bonds is 6. The van der Waals surface area contributed by atoms with E-state index < -0.39 is 5.54 Å². The Balaban J connectivity index is 1.52. The zero-order valence-corrected chi connectivity index (χ0v) is 11.7. The van der Waals surface area contributed by atoms with Gasteiger partial charge in [0.2, 0.25) is 5.91 Å². The van der Waals surface area contributed by atoms with Crippen LogP contribution in [0.5, 0.6) is 0 Å². The standard InChI is InChI=1S/C14H25N3O2/c1-14(13(15)18,16-10-2-3-10)6-7-17-8-11-4-5-12(9-17)19-11/h10-12,16H,2-9H2,1H3,(H2,15,18). The molecule has 0 radical (unpaired) electrons. The van der Waals surface area contributed by atoms with Gasteiger partial charge in [0.15, 0.2) is 0 Å². The van der Waals surface area contributed by atoms with E-state index in [1.54, 1.807) is 0 Å². The van der Waals surface area contributed by atoms with Gasteiger partial charge in [-0.15, -0.1) is 0 Å². The van der Waals surface area contributed by atoms with Gasteiger partial charge in [-0.2, -0.15) is 0 Å². The van der Waals surface area contributed by atoms with Crippen LogP contribution in [0, 0.1) is 0 Å². The quantitative estimate of drug-likeness (QED) is 0.723. The first-order valence-corrected chi connectivity index (χ1v) is 7.50. The fourth-order valence-corrected chi connectivity index (χ4v) is 3.21. The fourth-order valence-electron chi connectivity index (χ4n) is 3.21. The van der Waals surface area contributed by atoms with Crippen LogP contribution < -0.4 is 11.1 Å². The minimum atomic E-state index is -0.557. The molecular formula is C14H25N3O2. The van der Waals surface area contributed by atoms with Crippen LogP contribution in [0.4, 0.5) is 0 Å². The fraction of sp³-hybridized carbons (Fsp3) is 0.929. The Morgan fingerprint density at radius 2 is 1.95 bits per heavy atom. The van der Waals surface area contributed by atoms with Crippen LogP contribution in [-0.2, 0) is 9.53 Å². The number of primary amides is 1. The van der Waals surface area contributed by atoms with Crippen molar-refractivity contribution in [3.05, 3.63) is 0 Å². The Bertz CT molecular complexity index is 347. The highest BCUT2D eigenvalue weighted by atomic mass is 16.5. The molecule has 3 aliphatic rings. The van der Waals surface area contributed by atoms with E-state index in [1.807, 2.05) is 6.92 Å². The van der Waals surface area contributed by atoms with Gasteiger partial charge in [0.1, 0.15) is 0 Å². The third-order valence-corrected chi connectivity index (χ3v) is 4.69. The molecule has 3 rings (SSSR count). The Kier molecular flexibility index (Phi) is 3.53. The second-order valence-corrected chi connectivity index (χ2v) is 6.58. The molecule has 0 aromatic rings. The first kappa shape index (κ1) is 13.3. The maximum Gasteiger partial charge on any atom is 0.237 e. The highest BCUT2D eigenvalue weighted by Crippen LogP contribution is 2.28. The topological polar surface area (TPSA) is 67.6 Å². The summed E-state index contributed by atoms with van der Waals surface area (Å²) in [5.41, 5.74) is 5.03. The first-order valence-electron chi connectivity index (χ1n) is 7.50. The Morgan fingerprint density at radius 3 is 2.47 bits per heavy atom. The molecule has 19 heavy (non-hydrogen) atoms. The van der Waals surface area contributed by atoms with E-state index in [0.717, 1.165) is 26.1 Å². The van der Waals surface area contributed by atoms with Crippen molar-refractivity contribution in [2.75, 3.05) is 19.6 Å². The lowest BCUT2D eigenvalue weighted by Gasteiger charge is -2.35. The molecule has 108 valence electrons. The van der Waals surface area contributed by atoms with Gasteiger partial charge in [-0.05, 0) is 39.0 Å². The Morgan fingerprint density at radius 1 is 1.32 bits per heavy atom. The summed E-state index contributed by atoms with van der Waals surface area (Å²) in [4.78, 5) is 14.1. The summed E-state index contributed by atoms with van der Waals surface area (Å²) in [6.45, 7) is 4.89. The predicted molar refractivity (Wildman–Crippen MR) is 72.7 cm³/mol. The maximum atomic E-state index is 11.7. The maximum absolute atomic E-state index is 11.7. The van der Waals surface area contributed by atoms with Crippen LogP contribution in [0.15, 0.2) is 0 Å². The molecule has 3 N–H and O–H groups in total. The second-order valence-electron chi connectivity index (χ2n) is 6.58. The molecule has 5 heteroatoms. The highest BCUT2D eigenvalue weighted by Gasteiger charge is 2.39. The number of morpholine rings is 1. The van der Waals surface area contributed by atoms with Crippen LogP contribution >= 0.6 is 0 Å². The van der Waals surface area contributed by atoms with E-state index in [1.165, 1.54) is 25.7 Å². The van der Waals surface area contributed by atoms with Gasteiger partial charge in [0.25, 0.3) is 0 Å². The highest BCUT2D eigenvalue weighted by molar-refractivity contribution is 5.84. The van der Waals surface area contributed by atoms with Gasteiger partial charge in [-0.25, -0.2) is 0 Å². The molecule has 1 amide bonds. The lowest BCUT2D eigenvalue weighted by molar-refractivity contribution is -0.124. The zero-order valence-electron chi connectivity index (χ0n) is 11.7. The van der Waals surface area contributed by atoms with Crippen LogP contribution in [0.2, 0.25) is 0 Å². The van der Waals surface area contributed by atoms with E-state index in [4.69, 9.17) is 10.5 Å². The molecule has 3 fully saturated rings. The first-order chi connectivity index (χ1) is 9.05. The summed E-state index contributed by atoms with van der Waals surface area (Å²) >= 11 is 0. The number of hydrogen-bond acceptors (Lipinski definition) is 4. The number of nitrogens with two attached hydrogens (primary N) is 1. The normalized spacial score (nSPS) is 34.2. The summed E-state index contributed by atoms with van der Waals surface area (Å²) in [5.74, 6) is -0.226. The van der Waals surface area contributed by atoms with Gasteiger partial charge >= 0.3 is 0 Å². The van der Waals surface area contributed by atoms with Gasteiger partial charge in [0.05, 0.1) is 17.7 Å². The second kappa shape index (κ2) is 5.04. The van der Waals surface area contributed by atoms with Crippen LogP contribution in [-0.4, -0.2) is 54.2 Å². The largest absolute Gasteiger partial charge is 0.372 e. The average molecular weight is 267 g/mol. The molecule has 2 heterocycles. The number of nitrogens with one attached hydrogen (secondary N) is 1. The average Bonchev–Trinajstić information content (AvgIpc) is 3.11. The summed E-state index contributed by atoms with van der Waals surface area (Å²) in [6.07, 6.45) is 6.33. The van der Waals surface area contributed by atoms with Gasteiger partial charge in [-0.1, -0.05) is 0 Å². The monoisotopic (exact) mass is 267 g/mol. The summed E-state index contributed by atoms with van der Waals surface area (Å²) < 4.78 is 5.83. The van der Waals surface area contributed by atoms with Gasteiger partial charge in [0, 0.05) is 25.7 Å². The molecule has 3 atom stereocenters. The van der Waals surface area contributed by atoms with Crippen LogP contribution in [0.3, 0.4) is 0 Å². The van der Waals surface area contributed by atoms with E-state index in [2.05, 4.69) is 10.2 Å². The van der Waals surface area contributed by atoms with Crippen molar-refractivity contribution >= 4 is 5.91 Å². The lowest BCUT2D eigenvalue weighted by Crippen LogP contribution is -2.56. The van der Waals surface area contributed by atoms with Gasteiger partial charge in [-0.3, -0.25) is 9.69 Å². The number of carbonyl (C=O) groups excluding carboxylic acids is 1. The molecule has 2 bridgehead atoms.